The number of hydrogen-bond donors (Lipinski definition) is 1. The van der Waals surface area contributed by atoms with Crippen molar-refractivity contribution in [3.63, 3.8) is 0 Å². The molecule has 2 saturated carbocycles. The van der Waals surface area contributed by atoms with E-state index in [4.69, 9.17) is 16.3 Å². The first kappa shape index (κ1) is 20.3. The van der Waals surface area contributed by atoms with Gasteiger partial charge in [0.1, 0.15) is 0 Å². The van der Waals surface area contributed by atoms with Crippen LogP contribution in [0, 0.1) is 17.2 Å². The highest BCUT2D eigenvalue weighted by atomic mass is 35.5. The maximum absolute atomic E-state index is 14.3. The predicted molar refractivity (Wildman–Crippen MR) is 120 cm³/mol. The molecule has 1 heterocycles. The number of pyridine rings is 1. The van der Waals surface area contributed by atoms with Crippen LogP contribution in [-0.2, 0) is 4.79 Å². The minimum absolute atomic E-state index is 0.0695. The molecule has 1 amide bonds. The number of aromatic nitrogens is 1. The second-order valence-corrected chi connectivity index (χ2v) is 9.23. The lowest BCUT2D eigenvalue weighted by Gasteiger charge is -2.30. The molecule has 6 heteroatoms. The van der Waals surface area contributed by atoms with E-state index < -0.39 is 0 Å². The van der Waals surface area contributed by atoms with Gasteiger partial charge in [0.05, 0.1) is 12.6 Å². The molecule has 2 aromatic carbocycles. The van der Waals surface area contributed by atoms with Gasteiger partial charge in [0.2, 0.25) is 5.91 Å². The monoisotopic (exact) mass is 438 g/mol. The van der Waals surface area contributed by atoms with Crippen molar-refractivity contribution >= 4 is 34.1 Å². The van der Waals surface area contributed by atoms with Gasteiger partial charge in [-0.1, -0.05) is 11.6 Å². The lowest BCUT2D eigenvalue weighted by Crippen LogP contribution is -2.22. The number of hydrogen-bond acceptors (Lipinski definition) is 3. The number of anilines is 1. The Hall–Kier alpha value is -2.66. The summed E-state index contributed by atoms with van der Waals surface area (Å²) in [5, 5.41) is 4.54. The molecule has 3 aromatic rings. The quantitative estimate of drug-likeness (QED) is 0.517. The summed E-state index contributed by atoms with van der Waals surface area (Å²) in [6.45, 7) is 0. The molecule has 0 saturated heterocycles. The molecule has 0 aliphatic heterocycles. The smallest absolute Gasteiger partial charge is 0.228 e. The Bertz CT molecular complexity index is 1140. The number of halogens is 2. The van der Waals surface area contributed by atoms with Crippen LogP contribution in [0.15, 0.2) is 48.7 Å². The van der Waals surface area contributed by atoms with Gasteiger partial charge in [-0.2, -0.15) is 0 Å². The molecular formula is C25H24ClFN2O2. The predicted octanol–water partition coefficient (Wildman–Crippen LogP) is 6.34. The fourth-order valence-electron chi connectivity index (χ4n) is 5.22. The van der Waals surface area contributed by atoms with E-state index in [1.54, 1.807) is 30.5 Å². The lowest BCUT2D eigenvalue weighted by atomic mass is 9.75. The van der Waals surface area contributed by atoms with Crippen LogP contribution in [-0.4, -0.2) is 18.0 Å². The molecule has 1 spiro atoms. The van der Waals surface area contributed by atoms with Crippen molar-refractivity contribution in [3.05, 3.63) is 65.1 Å². The molecule has 31 heavy (non-hydrogen) atoms. The van der Waals surface area contributed by atoms with E-state index in [1.165, 1.54) is 7.11 Å². The maximum atomic E-state index is 14.3. The Morgan fingerprint density at radius 1 is 1.19 bits per heavy atom. The normalized spacial score (nSPS) is 24.9. The fraction of sp³-hybridized carbons (Fsp3) is 0.360. The number of rotatable bonds is 4. The molecule has 2 aliphatic rings. The molecule has 5 rings (SSSR count). The molecule has 160 valence electrons. The van der Waals surface area contributed by atoms with Crippen LogP contribution >= 0.6 is 11.6 Å². The van der Waals surface area contributed by atoms with Crippen LogP contribution in [0.5, 0.6) is 5.75 Å². The zero-order chi connectivity index (χ0) is 21.6. The summed E-state index contributed by atoms with van der Waals surface area (Å²) >= 11 is 5.92. The van der Waals surface area contributed by atoms with E-state index in [9.17, 15) is 9.18 Å². The maximum Gasteiger partial charge on any atom is 0.228 e. The minimum Gasteiger partial charge on any atom is -0.494 e. The molecule has 2 fully saturated rings. The molecule has 2 aliphatic carbocycles. The van der Waals surface area contributed by atoms with Crippen molar-refractivity contribution < 1.29 is 13.9 Å². The molecule has 1 aromatic heterocycles. The SMILES string of the molecule is COc1cc2nccc(C3CCC4(CC3)C[C@@H]4C(=O)Nc3ccc(Cl)cc3)c2cc1F. The van der Waals surface area contributed by atoms with E-state index in [0.717, 1.165) is 54.3 Å². The Kier molecular flexibility index (Phi) is 5.09. The summed E-state index contributed by atoms with van der Waals surface area (Å²) in [5.41, 5.74) is 2.79. The third-order valence-electron chi connectivity index (χ3n) is 7.09. The van der Waals surface area contributed by atoms with Crippen LogP contribution in [0.1, 0.15) is 43.6 Å². The third kappa shape index (κ3) is 3.76. The molecule has 4 nitrogen and oxygen atoms in total. The van der Waals surface area contributed by atoms with E-state index >= 15 is 0 Å². The molecule has 1 N–H and O–H groups in total. The molecular weight excluding hydrogens is 415 g/mol. The Labute approximate surface area is 185 Å². The zero-order valence-corrected chi connectivity index (χ0v) is 18.1. The standard InChI is InChI=1S/C25H24ClFN2O2/c1-31-23-13-22-19(12-21(23)27)18(8-11-28-22)15-6-9-25(10-7-15)14-20(25)24(30)29-17-4-2-16(26)3-5-17/h2-5,8,11-13,15,20H,6-7,9-10,14H2,1H3,(H,29,30)/t15?,20-,25?/m1/s1. The molecule has 0 unspecified atom stereocenters. The van der Waals surface area contributed by atoms with Gasteiger partial charge in [-0.25, -0.2) is 4.39 Å². The summed E-state index contributed by atoms with van der Waals surface area (Å²) in [4.78, 5) is 17.2. The Morgan fingerprint density at radius 2 is 1.94 bits per heavy atom. The van der Waals surface area contributed by atoms with Crippen LogP contribution in [0.3, 0.4) is 0 Å². The fourth-order valence-corrected chi connectivity index (χ4v) is 5.34. The lowest BCUT2D eigenvalue weighted by molar-refractivity contribution is -0.118. The van der Waals surface area contributed by atoms with Crippen molar-refractivity contribution in [1.29, 1.82) is 0 Å². The second-order valence-electron chi connectivity index (χ2n) is 8.79. The number of benzene rings is 2. The van der Waals surface area contributed by atoms with Crippen LogP contribution in [0.2, 0.25) is 5.02 Å². The average molecular weight is 439 g/mol. The number of carbonyl (C=O) groups is 1. The van der Waals surface area contributed by atoms with E-state index in [2.05, 4.69) is 10.3 Å². The number of ether oxygens (including phenoxy) is 1. The number of amides is 1. The topological polar surface area (TPSA) is 51.2 Å². The number of nitrogens with zero attached hydrogens (tertiary/aromatic N) is 1. The molecule has 0 radical (unpaired) electrons. The second kappa shape index (κ2) is 7.79. The number of methoxy groups -OCH3 is 1. The van der Waals surface area contributed by atoms with Crippen molar-refractivity contribution in [2.75, 3.05) is 12.4 Å². The van der Waals surface area contributed by atoms with E-state index in [0.29, 0.717) is 10.9 Å². The summed E-state index contributed by atoms with van der Waals surface area (Å²) in [6, 6.07) is 12.4. The van der Waals surface area contributed by atoms with Crippen LogP contribution < -0.4 is 10.1 Å². The van der Waals surface area contributed by atoms with Gasteiger partial charge >= 0.3 is 0 Å². The van der Waals surface area contributed by atoms with Crippen molar-refractivity contribution in [2.24, 2.45) is 11.3 Å². The van der Waals surface area contributed by atoms with E-state index in [-0.39, 0.29) is 28.8 Å². The van der Waals surface area contributed by atoms with Crippen LogP contribution in [0.25, 0.3) is 10.9 Å². The number of carbonyl (C=O) groups excluding carboxylic acids is 1. The summed E-state index contributed by atoms with van der Waals surface area (Å²) in [5.74, 6) is 0.374. The van der Waals surface area contributed by atoms with Gasteiger partial charge in [0, 0.05) is 34.3 Å². The van der Waals surface area contributed by atoms with Gasteiger partial charge in [0.25, 0.3) is 0 Å². The summed E-state index contributed by atoms with van der Waals surface area (Å²) in [7, 11) is 1.46. The largest absolute Gasteiger partial charge is 0.494 e. The molecule has 1 atom stereocenters. The van der Waals surface area contributed by atoms with Gasteiger partial charge < -0.3 is 10.1 Å². The molecule has 0 bridgehead atoms. The van der Waals surface area contributed by atoms with Gasteiger partial charge in [0.15, 0.2) is 11.6 Å². The number of fused-ring (bicyclic) bond motifs is 1. The van der Waals surface area contributed by atoms with Gasteiger partial charge in [-0.15, -0.1) is 0 Å². The highest BCUT2D eigenvalue weighted by Gasteiger charge is 2.58. The minimum atomic E-state index is -0.363. The Morgan fingerprint density at radius 3 is 2.65 bits per heavy atom. The van der Waals surface area contributed by atoms with E-state index in [1.807, 2.05) is 18.2 Å². The van der Waals surface area contributed by atoms with Crippen molar-refractivity contribution in [3.8, 4) is 5.75 Å². The van der Waals surface area contributed by atoms with Gasteiger partial charge in [-0.05, 0) is 85.4 Å². The third-order valence-corrected chi connectivity index (χ3v) is 7.34. The average Bonchev–Trinajstić information content (AvgIpc) is 3.48. The highest BCUT2D eigenvalue weighted by molar-refractivity contribution is 6.30. The first-order chi connectivity index (χ1) is 15.0. The highest BCUT2D eigenvalue weighted by Crippen LogP contribution is 2.63. The summed E-state index contributed by atoms with van der Waals surface area (Å²) in [6.07, 6.45) is 6.76. The number of nitrogens with one attached hydrogen (secondary N) is 1. The summed E-state index contributed by atoms with van der Waals surface area (Å²) < 4.78 is 19.4. The first-order valence-electron chi connectivity index (χ1n) is 10.7. The first-order valence-corrected chi connectivity index (χ1v) is 11.1. The van der Waals surface area contributed by atoms with Crippen molar-refractivity contribution in [2.45, 2.75) is 38.0 Å². The van der Waals surface area contributed by atoms with Gasteiger partial charge in [-0.3, -0.25) is 9.78 Å². The zero-order valence-electron chi connectivity index (χ0n) is 17.3. The van der Waals surface area contributed by atoms with Crippen LogP contribution in [0.4, 0.5) is 10.1 Å². The van der Waals surface area contributed by atoms with Crippen molar-refractivity contribution in [1.82, 2.24) is 4.98 Å². The Balaban J connectivity index is 1.27.